The van der Waals surface area contributed by atoms with Crippen molar-refractivity contribution >= 4 is 27.5 Å². The number of benzene rings is 2. The largest absolute Gasteiger partial charge is 0.350 e. The third-order valence-electron chi connectivity index (χ3n) is 4.66. The molecule has 0 aliphatic heterocycles. The Morgan fingerprint density at radius 3 is 2.09 bits per heavy atom. The van der Waals surface area contributed by atoms with Crippen LogP contribution in [0.15, 0.2) is 54.6 Å². The van der Waals surface area contributed by atoms with Gasteiger partial charge in [0.2, 0.25) is 21.8 Å². The maximum absolute atomic E-state index is 13.3. The summed E-state index contributed by atoms with van der Waals surface area (Å²) in [6.45, 7) is 6.59. The minimum absolute atomic E-state index is 0.0181. The molecule has 9 heteroatoms. The second-order valence-corrected chi connectivity index (χ2v) is 10.6. The molecule has 174 valence electrons. The maximum Gasteiger partial charge on any atom is 0.244 e. The highest BCUT2D eigenvalue weighted by Crippen LogP contribution is 2.19. The van der Waals surface area contributed by atoms with Gasteiger partial charge in [-0.1, -0.05) is 30.3 Å². The number of carbonyl (C=O) groups excluding carboxylic acids is 2. The molecule has 0 aromatic heterocycles. The van der Waals surface area contributed by atoms with Crippen LogP contribution in [0.4, 0.5) is 10.1 Å². The molecule has 2 amide bonds. The van der Waals surface area contributed by atoms with Crippen molar-refractivity contribution in [3.05, 3.63) is 66.0 Å². The van der Waals surface area contributed by atoms with Crippen LogP contribution in [0.25, 0.3) is 0 Å². The van der Waals surface area contributed by atoms with Gasteiger partial charge < -0.3 is 10.2 Å². The zero-order valence-corrected chi connectivity index (χ0v) is 19.8. The Kier molecular flexibility index (Phi) is 8.01. The Morgan fingerprint density at radius 1 is 1.03 bits per heavy atom. The van der Waals surface area contributed by atoms with Crippen molar-refractivity contribution < 1.29 is 22.4 Å². The van der Waals surface area contributed by atoms with Gasteiger partial charge in [0.1, 0.15) is 18.4 Å². The normalized spacial score (nSPS) is 12.7. The summed E-state index contributed by atoms with van der Waals surface area (Å²) >= 11 is 0. The van der Waals surface area contributed by atoms with Crippen molar-refractivity contribution in [2.24, 2.45) is 0 Å². The van der Waals surface area contributed by atoms with Gasteiger partial charge in [0, 0.05) is 12.1 Å². The summed E-state index contributed by atoms with van der Waals surface area (Å²) in [5, 5.41) is 2.84. The van der Waals surface area contributed by atoms with E-state index in [2.05, 4.69) is 5.32 Å². The smallest absolute Gasteiger partial charge is 0.244 e. The highest BCUT2D eigenvalue weighted by Gasteiger charge is 2.31. The van der Waals surface area contributed by atoms with E-state index in [9.17, 15) is 22.4 Å². The number of para-hydroxylation sites is 1. The van der Waals surface area contributed by atoms with Gasteiger partial charge in [0.05, 0.1) is 11.9 Å². The fraction of sp³-hybridized carbons (Fsp3) is 0.391. The van der Waals surface area contributed by atoms with E-state index < -0.39 is 39.9 Å². The van der Waals surface area contributed by atoms with Gasteiger partial charge in [-0.25, -0.2) is 12.8 Å². The van der Waals surface area contributed by atoms with Crippen LogP contribution in [0.2, 0.25) is 0 Å². The topological polar surface area (TPSA) is 86.8 Å². The van der Waals surface area contributed by atoms with E-state index in [0.29, 0.717) is 11.3 Å². The molecule has 2 rings (SSSR count). The summed E-state index contributed by atoms with van der Waals surface area (Å²) in [5.74, 6) is -1.35. The highest BCUT2D eigenvalue weighted by molar-refractivity contribution is 7.92. The van der Waals surface area contributed by atoms with Gasteiger partial charge in [0.25, 0.3) is 0 Å². The molecule has 0 fully saturated rings. The number of carbonyl (C=O) groups is 2. The second-order valence-electron chi connectivity index (χ2n) is 8.67. The van der Waals surface area contributed by atoms with Gasteiger partial charge in [-0.2, -0.15) is 0 Å². The van der Waals surface area contributed by atoms with Crippen LogP contribution in [0, 0.1) is 5.82 Å². The fourth-order valence-corrected chi connectivity index (χ4v) is 3.90. The first-order chi connectivity index (χ1) is 14.8. The van der Waals surface area contributed by atoms with Crippen molar-refractivity contribution in [1.82, 2.24) is 10.2 Å². The van der Waals surface area contributed by atoms with E-state index in [1.807, 2.05) is 20.8 Å². The number of nitrogens with one attached hydrogen (secondary N) is 1. The summed E-state index contributed by atoms with van der Waals surface area (Å²) in [5.41, 5.74) is 0.441. The molecule has 32 heavy (non-hydrogen) atoms. The number of nitrogens with zero attached hydrogens (tertiary/aromatic N) is 2. The van der Waals surface area contributed by atoms with Crippen molar-refractivity contribution in [3.63, 3.8) is 0 Å². The Hall–Kier alpha value is -2.94. The number of anilines is 1. The van der Waals surface area contributed by atoms with E-state index >= 15 is 0 Å². The molecule has 0 radical (unpaired) electrons. The molecule has 1 N–H and O–H groups in total. The van der Waals surface area contributed by atoms with Crippen molar-refractivity contribution in [1.29, 1.82) is 0 Å². The molecule has 0 aliphatic carbocycles. The fourth-order valence-electron chi connectivity index (χ4n) is 3.05. The molecule has 0 unspecified atom stereocenters. The lowest BCUT2D eigenvalue weighted by atomic mass is 10.1. The molecule has 0 saturated heterocycles. The SMILES string of the molecule is C[C@H](C(=O)NC(C)(C)C)N(Cc1ccc(F)cc1)C(=O)CN(c1ccccc1)S(C)(=O)=O. The lowest BCUT2D eigenvalue weighted by Crippen LogP contribution is -2.54. The van der Waals surface area contributed by atoms with E-state index in [1.54, 1.807) is 37.3 Å². The molecule has 0 spiro atoms. The summed E-state index contributed by atoms with van der Waals surface area (Å²) in [6, 6.07) is 13.0. The average Bonchev–Trinajstić information content (AvgIpc) is 2.69. The van der Waals surface area contributed by atoms with E-state index in [1.165, 1.54) is 29.2 Å². The van der Waals surface area contributed by atoms with Crippen LogP contribution >= 0.6 is 0 Å². The van der Waals surface area contributed by atoms with Crippen LogP contribution in [0.1, 0.15) is 33.3 Å². The molecular weight excluding hydrogens is 433 g/mol. The van der Waals surface area contributed by atoms with Crippen molar-refractivity contribution in [2.45, 2.75) is 45.8 Å². The van der Waals surface area contributed by atoms with Crippen molar-refractivity contribution in [2.75, 3.05) is 17.1 Å². The van der Waals surface area contributed by atoms with Crippen LogP contribution in [-0.2, 0) is 26.2 Å². The quantitative estimate of drug-likeness (QED) is 0.652. The minimum Gasteiger partial charge on any atom is -0.350 e. The number of hydrogen-bond donors (Lipinski definition) is 1. The van der Waals surface area contributed by atoms with E-state index in [-0.39, 0.29) is 12.5 Å². The monoisotopic (exact) mass is 463 g/mol. The summed E-state index contributed by atoms with van der Waals surface area (Å²) in [6.07, 6.45) is 1.02. The van der Waals surface area contributed by atoms with E-state index in [0.717, 1.165) is 10.6 Å². The van der Waals surface area contributed by atoms with Gasteiger partial charge in [-0.3, -0.25) is 13.9 Å². The van der Waals surface area contributed by atoms with Gasteiger partial charge in [0.15, 0.2) is 0 Å². The molecule has 0 bridgehead atoms. The maximum atomic E-state index is 13.3. The molecule has 0 heterocycles. The Bertz CT molecular complexity index is 1040. The van der Waals surface area contributed by atoms with Gasteiger partial charge in [-0.15, -0.1) is 0 Å². The molecule has 0 aliphatic rings. The molecular formula is C23H30FN3O4S. The predicted molar refractivity (Wildman–Crippen MR) is 123 cm³/mol. The zero-order valence-electron chi connectivity index (χ0n) is 19.0. The molecule has 7 nitrogen and oxygen atoms in total. The lowest BCUT2D eigenvalue weighted by molar-refractivity contribution is -0.140. The number of sulfonamides is 1. The summed E-state index contributed by atoms with van der Waals surface area (Å²) in [7, 11) is -3.76. The summed E-state index contributed by atoms with van der Waals surface area (Å²) in [4.78, 5) is 27.4. The van der Waals surface area contributed by atoms with E-state index in [4.69, 9.17) is 0 Å². The Morgan fingerprint density at radius 2 is 1.59 bits per heavy atom. The average molecular weight is 464 g/mol. The molecule has 1 atom stereocenters. The Balaban J connectivity index is 2.36. The minimum atomic E-state index is -3.76. The van der Waals surface area contributed by atoms with Crippen LogP contribution in [0.3, 0.4) is 0 Å². The first kappa shape index (κ1) is 25.3. The van der Waals surface area contributed by atoms with Crippen molar-refractivity contribution in [3.8, 4) is 0 Å². The highest BCUT2D eigenvalue weighted by atomic mass is 32.2. The van der Waals surface area contributed by atoms with Gasteiger partial charge >= 0.3 is 0 Å². The third-order valence-corrected chi connectivity index (χ3v) is 5.80. The zero-order chi connectivity index (χ0) is 24.1. The standard InChI is InChI=1S/C23H30FN3O4S/c1-17(22(29)25-23(2,3)4)26(15-18-11-13-19(24)14-12-18)21(28)16-27(32(5,30)31)20-9-7-6-8-10-20/h6-14,17H,15-16H2,1-5H3,(H,25,29)/t17-/m1/s1. The first-order valence-corrected chi connectivity index (χ1v) is 12.0. The van der Waals surface area contributed by atoms with Crippen LogP contribution in [0.5, 0.6) is 0 Å². The number of halogens is 1. The van der Waals surface area contributed by atoms with Crippen LogP contribution < -0.4 is 9.62 Å². The molecule has 2 aromatic rings. The van der Waals surface area contributed by atoms with Crippen LogP contribution in [-0.4, -0.2) is 49.5 Å². The number of hydrogen-bond acceptors (Lipinski definition) is 4. The third kappa shape index (κ3) is 7.33. The first-order valence-electron chi connectivity index (χ1n) is 10.2. The predicted octanol–water partition coefficient (Wildman–Crippen LogP) is 2.92. The Labute approximate surface area is 189 Å². The van der Waals surface area contributed by atoms with Gasteiger partial charge in [-0.05, 0) is 57.5 Å². The lowest BCUT2D eigenvalue weighted by Gasteiger charge is -2.33. The molecule has 0 saturated carbocycles. The molecule has 2 aromatic carbocycles. The number of rotatable bonds is 8. The second kappa shape index (κ2) is 10.1. The summed E-state index contributed by atoms with van der Waals surface area (Å²) < 4.78 is 39.2. The number of amides is 2.